The Balaban J connectivity index is 1.35. The van der Waals surface area contributed by atoms with Crippen molar-refractivity contribution in [2.75, 3.05) is 0 Å². The van der Waals surface area contributed by atoms with E-state index >= 15 is 0 Å². The summed E-state index contributed by atoms with van der Waals surface area (Å²) in [7, 11) is 0. The van der Waals surface area contributed by atoms with Crippen molar-refractivity contribution in [1.29, 1.82) is 0 Å². The molecule has 0 amide bonds. The number of unbranched alkanes of at least 4 members (excludes halogenated alkanes) is 1. The summed E-state index contributed by atoms with van der Waals surface area (Å²) in [6, 6.07) is 16.6. The Bertz CT molecular complexity index is 1340. The summed E-state index contributed by atoms with van der Waals surface area (Å²) in [5.41, 5.74) is 4.27. The molecule has 0 radical (unpaired) electrons. The van der Waals surface area contributed by atoms with Gasteiger partial charge in [-0.25, -0.2) is 14.8 Å². The fraction of sp³-hybridized carbons (Fsp3) is 0.448. The molecule has 2 aromatic carbocycles. The van der Waals surface area contributed by atoms with Gasteiger partial charge in [-0.15, -0.1) is 5.10 Å². The van der Waals surface area contributed by atoms with Gasteiger partial charge in [-0.2, -0.15) is 5.10 Å². The highest BCUT2D eigenvalue weighted by Gasteiger charge is 2.31. The van der Waals surface area contributed by atoms with Gasteiger partial charge < -0.3 is 5.11 Å². The third kappa shape index (κ3) is 5.66. The Morgan fingerprint density at radius 1 is 1.08 bits per heavy atom. The molecule has 0 saturated heterocycles. The first-order valence-corrected chi connectivity index (χ1v) is 13.6. The van der Waals surface area contributed by atoms with Crippen LogP contribution in [0.1, 0.15) is 75.5 Å². The first kappa shape index (κ1) is 25.8. The summed E-state index contributed by atoms with van der Waals surface area (Å²) in [6.45, 7) is 4.68. The standard InChI is InChI=1S/C29H35N7O2/c1-3-4-9-26-30-28(23-16-14-21(15-17-23)19(2)29(37)38)36(33-26)18-20-10-12-22(13-11-20)24-7-5-6-8-25(24)27-31-34-35-32-27/h5-8,10-13,19,21,23H,3-4,9,14-18H2,1-2H3,(H,37,38)(H,31,32,34,35). The molecule has 1 unspecified atom stereocenters. The number of hydrogen-bond donors (Lipinski definition) is 2. The van der Waals surface area contributed by atoms with Crippen molar-refractivity contribution >= 4 is 5.97 Å². The van der Waals surface area contributed by atoms with Crippen LogP contribution in [-0.2, 0) is 17.8 Å². The topological polar surface area (TPSA) is 122 Å². The lowest BCUT2D eigenvalue weighted by Gasteiger charge is -2.30. The number of H-pyrrole nitrogens is 1. The first-order valence-electron chi connectivity index (χ1n) is 13.6. The molecule has 1 atom stereocenters. The van der Waals surface area contributed by atoms with E-state index in [1.54, 1.807) is 0 Å². The number of hydrogen-bond acceptors (Lipinski definition) is 6. The lowest BCUT2D eigenvalue weighted by Crippen LogP contribution is -2.26. The van der Waals surface area contributed by atoms with Crippen LogP contribution in [0.4, 0.5) is 0 Å². The third-order valence-corrected chi connectivity index (χ3v) is 7.86. The molecule has 9 nitrogen and oxygen atoms in total. The number of rotatable bonds is 10. The second kappa shape index (κ2) is 11.7. The second-order valence-electron chi connectivity index (χ2n) is 10.4. The number of aromatic nitrogens is 7. The van der Waals surface area contributed by atoms with Gasteiger partial charge in [-0.3, -0.25) is 4.79 Å². The van der Waals surface area contributed by atoms with Crippen molar-refractivity contribution < 1.29 is 9.90 Å². The van der Waals surface area contributed by atoms with Crippen LogP contribution in [0.25, 0.3) is 22.5 Å². The summed E-state index contributed by atoms with van der Waals surface area (Å²) < 4.78 is 2.08. The molecule has 0 aliphatic heterocycles. The molecule has 2 N–H and O–H groups in total. The average Bonchev–Trinajstić information content (AvgIpc) is 3.63. The predicted molar refractivity (Wildman–Crippen MR) is 144 cm³/mol. The molecule has 1 aliphatic rings. The first-order chi connectivity index (χ1) is 18.5. The number of aryl methyl sites for hydroxylation is 1. The maximum absolute atomic E-state index is 11.5. The molecule has 9 heteroatoms. The van der Waals surface area contributed by atoms with Gasteiger partial charge in [0.2, 0.25) is 0 Å². The molecule has 198 valence electrons. The quantitative estimate of drug-likeness (QED) is 0.287. The monoisotopic (exact) mass is 513 g/mol. The fourth-order valence-electron chi connectivity index (χ4n) is 5.52. The van der Waals surface area contributed by atoms with Crippen LogP contribution in [0.2, 0.25) is 0 Å². The largest absolute Gasteiger partial charge is 0.481 e. The summed E-state index contributed by atoms with van der Waals surface area (Å²) >= 11 is 0. The van der Waals surface area contributed by atoms with Crippen LogP contribution >= 0.6 is 0 Å². The highest BCUT2D eigenvalue weighted by atomic mass is 16.4. The number of tetrazole rings is 1. The maximum atomic E-state index is 11.5. The number of aromatic amines is 1. The Labute approximate surface area is 222 Å². The van der Waals surface area contributed by atoms with Crippen LogP contribution < -0.4 is 0 Å². The summed E-state index contributed by atoms with van der Waals surface area (Å²) in [5.74, 6) is 2.17. The molecule has 1 aliphatic carbocycles. The van der Waals surface area contributed by atoms with Crippen LogP contribution in [0.5, 0.6) is 0 Å². The fourth-order valence-corrected chi connectivity index (χ4v) is 5.52. The minimum absolute atomic E-state index is 0.239. The van der Waals surface area contributed by atoms with Gasteiger partial charge in [-0.1, -0.05) is 68.8 Å². The van der Waals surface area contributed by atoms with E-state index in [9.17, 15) is 9.90 Å². The van der Waals surface area contributed by atoms with Gasteiger partial charge in [0.05, 0.1) is 12.5 Å². The Hall–Kier alpha value is -3.88. The molecule has 4 aromatic rings. The number of nitrogens with one attached hydrogen (secondary N) is 1. The maximum Gasteiger partial charge on any atom is 0.306 e. The highest BCUT2D eigenvalue weighted by Crippen LogP contribution is 2.38. The lowest BCUT2D eigenvalue weighted by molar-refractivity contribution is -0.143. The Morgan fingerprint density at radius 3 is 2.47 bits per heavy atom. The van der Waals surface area contributed by atoms with E-state index in [0.29, 0.717) is 18.3 Å². The van der Waals surface area contributed by atoms with E-state index in [2.05, 4.69) is 62.6 Å². The number of carbonyl (C=O) groups is 1. The number of aliphatic carboxylic acids is 1. The smallest absolute Gasteiger partial charge is 0.306 e. The van der Waals surface area contributed by atoms with Crippen LogP contribution in [0.15, 0.2) is 48.5 Å². The van der Waals surface area contributed by atoms with Crippen molar-refractivity contribution in [3.63, 3.8) is 0 Å². The third-order valence-electron chi connectivity index (χ3n) is 7.86. The van der Waals surface area contributed by atoms with Crippen molar-refractivity contribution in [2.45, 2.75) is 71.3 Å². The summed E-state index contributed by atoms with van der Waals surface area (Å²) in [6.07, 6.45) is 6.82. The number of nitrogens with zero attached hydrogens (tertiary/aromatic N) is 6. The Kier molecular flexibility index (Phi) is 7.91. The van der Waals surface area contributed by atoms with Gasteiger partial charge >= 0.3 is 5.97 Å². The predicted octanol–water partition coefficient (Wildman–Crippen LogP) is 5.51. The molecule has 2 aromatic heterocycles. The van der Waals surface area contributed by atoms with E-state index in [4.69, 9.17) is 10.1 Å². The van der Waals surface area contributed by atoms with E-state index in [-0.39, 0.29) is 11.8 Å². The van der Waals surface area contributed by atoms with E-state index in [1.807, 2.05) is 25.1 Å². The molecule has 38 heavy (non-hydrogen) atoms. The zero-order chi connectivity index (χ0) is 26.5. The Morgan fingerprint density at radius 2 is 1.82 bits per heavy atom. The van der Waals surface area contributed by atoms with Crippen molar-refractivity contribution in [1.82, 2.24) is 35.4 Å². The van der Waals surface area contributed by atoms with Gasteiger partial charge in [0.15, 0.2) is 11.6 Å². The van der Waals surface area contributed by atoms with E-state index < -0.39 is 5.97 Å². The van der Waals surface area contributed by atoms with Crippen molar-refractivity contribution in [2.24, 2.45) is 11.8 Å². The average molecular weight is 514 g/mol. The van der Waals surface area contributed by atoms with E-state index in [0.717, 1.165) is 78.8 Å². The SMILES string of the molecule is CCCCc1nc(C2CCC(C(C)C(=O)O)CC2)n(Cc2ccc(-c3ccccc3-c3nnn[nH]3)cc2)n1. The highest BCUT2D eigenvalue weighted by molar-refractivity contribution is 5.80. The molecular formula is C29H35N7O2. The summed E-state index contributed by atoms with van der Waals surface area (Å²) in [4.78, 5) is 16.5. The van der Waals surface area contributed by atoms with Crippen LogP contribution in [0.3, 0.4) is 0 Å². The minimum atomic E-state index is -0.693. The lowest BCUT2D eigenvalue weighted by atomic mass is 9.76. The summed E-state index contributed by atoms with van der Waals surface area (Å²) in [5, 5.41) is 28.7. The van der Waals surface area contributed by atoms with Gasteiger partial charge in [-0.05, 0) is 65.1 Å². The number of benzene rings is 2. The minimum Gasteiger partial charge on any atom is -0.481 e. The van der Waals surface area contributed by atoms with Gasteiger partial charge in [0.1, 0.15) is 5.82 Å². The molecule has 0 bridgehead atoms. The normalized spacial score (nSPS) is 18.4. The van der Waals surface area contributed by atoms with E-state index in [1.165, 1.54) is 0 Å². The van der Waals surface area contributed by atoms with Crippen molar-refractivity contribution in [3.05, 3.63) is 65.7 Å². The van der Waals surface area contributed by atoms with Crippen molar-refractivity contribution in [3.8, 4) is 22.5 Å². The molecule has 5 rings (SSSR count). The molecule has 0 spiro atoms. The molecule has 2 heterocycles. The zero-order valence-electron chi connectivity index (χ0n) is 22.0. The number of carboxylic acid groups (broad SMARTS) is 1. The second-order valence-corrected chi connectivity index (χ2v) is 10.4. The molecule has 1 fully saturated rings. The number of carboxylic acids is 1. The van der Waals surface area contributed by atoms with Gasteiger partial charge in [0.25, 0.3) is 0 Å². The molecule has 1 saturated carbocycles. The van der Waals surface area contributed by atoms with Gasteiger partial charge in [0, 0.05) is 17.9 Å². The van der Waals surface area contributed by atoms with Crippen LogP contribution in [-0.4, -0.2) is 46.5 Å². The van der Waals surface area contributed by atoms with Crippen LogP contribution in [0, 0.1) is 11.8 Å². The molecular weight excluding hydrogens is 478 g/mol. The zero-order valence-corrected chi connectivity index (χ0v) is 22.0.